The van der Waals surface area contributed by atoms with E-state index in [-0.39, 0.29) is 0 Å². The van der Waals surface area contributed by atoms with Crippen molar-refractivity contribution in [2.45, 2.75) is 45.6 Å². The van der Waals surface area contributed by atoms with Crippen LogP contribution in [0.3, 0.4) is 0 Å². The molecule has 1 fully saturated rings. The first-order chi connectivity index (χ1) is 9.45. The highest BCUT2D eigenvalue weighted by Crippen LogP contribution is 2.49. The summed E-state index contributed by atoms with van der Waals surface area (Å²) in [5.74, 6) is 1.17. The summed E-state index contributed by atoms with van der Waals surface area (Å²) in [5.41, 5.74) is 0.671. The second-order valence-electron chi connectivity index (χ2n) is 5.98. The third-order valence-corrected chi connectivity index (χ3v) is 4.59. The van der Waals surface area contributed by atoms with Gasteiger partial charge < -0.3 is 9.84 Å². The molecule has 1 unspecified atom stereocenters. The molecule has 5 nitrogen and oxygen atoms in total. The van der Waals surface area contributed by atoms with Crippen LogP contribution in [0.15, 0.2) is 0 Å². The van der Waals surface area contributed by atoms with Gasteiger partial charge in [-0.3, -0.25) is 0 Å². The van der Waals surface area contributed by atoms with E-state index < -0.39 is 11.5 Å². The maximum Gasteiger partial charge on any atom is 0.217 e. The van der Waals surface area contributed by atoms with Crippen molar-refractivity contribution < 1.29 is 9.84 Å². The third kappa shape index (κ3) is 2.29. The number of methoxy groups -OCH3 is 1. The monoisotopic (exact) mass is 277 g/mol. The molecule has 1 atom stereocenters. The maximum atomic E-state index is 10.8. The smallest absolute Gasteiger partial charge is 0.217 e. The number of aliphatic hydroxyl groups is 1. The van der Waals surface area contributed by atoms with Crippen molar-refractivity contribution in [3.8, 4) is 11.9 Å². The minimum atomic E-state index is -0.844. The van der Waals surface area contributed by atoms with E-state index in [0.29, 0.717) is 17.4 Å². The summed E-state index contributed by atoms with van der Waals surface area (Å²) in [4.78, 5) is 0. The van der Waals surface area contributed by atoms with Crippen molar-refractivity contribution in [3.05, 3.63) is 11.3 Å². The fourth-order valence-electron chi connectivity index (χ4n) is 3.21. The molecule has 20 heavy (non-hydrogen) atoms. The highest BCUT2D eigenvalue weighted by atomic mass is 16.5. The molecule has 1 heterocycles. The first-order valence-electron chi connectivity index (χ1n) is 7.12. The van der Waals surface area contributed by atoms with Crippen molar-refractivity contribution in [2.24, 2.45) is 18.4 Å². The van der Waals surface area contributed by atoms with E-state index in [9.17, 15) is 10.4 Å². The number of aromatic nitrogens is 2. The maximum absolute atomic E-state index is 10.8. The van der Waals surface area contributed by atoms with Gasteiger partial charge >= 0.3 is 0 Å². The molecule has 0 bridgehead atoms. The lowest BCUT2D eigenvalue weighted by Crippen LogP contribution is -2.32. The van der Waals surface area contributed by atoms with Crippen molar-refractivity contribution >= 4 is 0 Å². The Labute approximate surface area is 120 Å². The predicted molar refractivity (Wildman–Crippen MR) is 75.1 cm³/mol. The van der Waals surface area contributed by atoms with Crippen molar-refractivity contribution in [3.63, 3.8) is 0 Å². The van der Waals surface area contributed by atoms with Gasteiger partial charge in [0.2, 0.25) is 5.88 Å². The van der Waals surface area contributed by atoms with Crippen LogP contribution in [-0.4, -0.2) is 22.0 Å². The first kappa shape index (κ1) is 14.9. The molecule has 0 saturated heterocycles. The molecule has 5 heteroatoms. The minimum absolute atomic E-state index is 0.545. The minimum Gasteiger partial charge on any atom is -0.481 e. The normalized spacial score (nSPS) is 27.9. The Kier molecular flexibility index (Phi) is 4.05. The van der Waals surface area contributed by atoms with Crippen LogP contribution in [0.4, 0.5) is 0 Å². The average molecular weight is 277 g/mol. The summed E-state index contributed by atoms with van der Waals surface area (Å²) >= 11 is 0. The van der Waals surface area contributed by atoms with Crippen molar-refractivity contribution in [1.82, 2.24) is 9.78 Å². The topological polar surface area (TPSA) is 71.1 Å². The van der Waals surface area contributed by atoms with E-state index in [4.69, 9.17) is 4.74 Å². The molecule has 0 spiro atoms. The van der Waals surface area contributed by atoms with Crippen molar-refractivity contribution in [1.29, 1.82) is 5.26 Å². The summed E-state index contributed by atoms with van der Waals surface area (Å²) in [6, 6.07) is 2.38. The number of hydrogen-bond acceptors (Lipinski definition) is 4. The Bertz CT molecular complexity index is 522. The van der Waals surface area contributed by atoms with Crippen LogP contribution < -0.4 is 4.74 Å². The van der Waals surface area contributed by atoms with Crippen molar-refractivity contribution in [2.75, 3.05) is 7.11 Å². The van der Waals surface area contributed by atoms with Gasteiger partial charge in [-0.1, -0.05) is 6.92 Å². The summed E-state index contributed by atoms with van der Waals surface area (Å²) in [7, 11) is 3.35. The van der Waals surface area contributed by atoms with Crippen LogP contribution in [0.5, 0.6) is 5.88 Å². The van der Waals surface area contributed by atoms with Gasteiger partial charge in [0.25, 0.3) is 0 Å². The summed E-state index contributed by atoms with van der Waals surface area (Å²) in [5, 5.41) is 24.8. The molecule has 1 saturated carbocycles. The summed E-state index contributed by atoms with van der Waals surface area (Å²) < 4.78 is 6.97. The van der Waals surface area contributed by atoms with Gasteiger partial charge in [0.05, 0.1) is 29.9 Å². The van der Waals surface area contributed by atoms with E-state index in [2.05, 4.69) is 18.1 Å². The molecule has 110 valence electrons. The highest BCUT2D eigenvalue weighted by Gasteiger charge is 2.44. The molecule has 0 aromatic carbocycles. The number of aryl methyl sites for hydroxylation is 2. The SMILES string of the molecule is COc1c(C(O)C2(C#N)CCC(C)CC2)c(C)nn1C. The van der Waals surface area contributed by atoms with Crippen LogP contribution >= 0.6 is 0 Å². The molecular formula is C15H23N3O2. The van der Waals surface area contributed by atoms with Crippen LogP contribution in [0.2, 0.25) is 0 Å². The van der Waals surface area contributed by atoms with Gasteiger partial charge in [0.15, 0.2) is 0 Å². The number of nitriles is 1. The molecular weight excluding hydrogens is 254 g/mol. The number of nitrogens with zero attached hydrogens (tertiary/aromatic N) is 3. The Morgan fingerprint density at radius 1 is 1.50 bits per heavy atom. The van der Waals surface area contributed by atoms with Crippen LogP contribution in [-0.2, 0) is 7.05 Å². The Morgan fingerprint density at radius 3 is 2.60 bits per heavy atom. The van der Waals surface area contributed by atoms with Gasteiger partial charge in [-0.2, -0.15) is 10.4 Å². The van der Waals surface area contributed by atoms with Gasteiger partial charge in [0.1, 0.15) is 6.10 Å². The fourth-order valence-corrected chi connectivity index (χ4v) is 3.21. The predicted octanol–water partition coefficient (Wildman–Crippen LogP) is 2.49. The molecule has 0 aliphatic heterocycles. The number of rotatable bonds is 3. The lowest BCUT2D eigenvalue weighted by Gasteiger charge is -2.37. The Hall–Kier alpha value is -1.54. The summed E-state index contributed by atoms with van der Waals surface area (Å²) in [6.07, 6.45) is 2.56. The lowest BCUT2D eigenvalue weighted by atomic mass is 9.67. The molecule has 1 aromatic heterocycles. The highest BCUT2D eigenvalue weighted by molar-refractivity contribution is 5.36. The van der Waals surface area contributed by atoms with E-state index >= 15 is 0 Å². The van der Waals surface area contributed by atoms with Gasteiger partial charge in [-0.25, -0.2) is 4.68 Å². The molecule has 1 N–H and O–H groups in total. The number of ether oxygens (including phenoxy) is 1. The number of aliphatic hydroxyl groups excluding tert-OH is 1. The molecule has 0 radical (unpaired) electrons. The van der Waals surface area contributed by atoms with E-state index in [1.54, 1.807) is 18.8 Å². The zero-order chi connectivity index (χ0) is 14.9. The van der Waals surface area contributed by atoms with Gasteiger partial charge in [-0.15, -0.1) is 0 Å². The molecule has 1 aromatic rings. The Morgan fingerprint density at radius 2 is 2.10 bits per heavy atom. The molecule has 2 rings (SSSR count). The van der Waals surface area contributed by atoms with Gasteiger partial charge in [0, 0.05) is 7.05 Å². The van der Waals surface area contributed by atoms with E-state index in [1.165, 1.54) is 0 Å². The van der Waals surface area contributed by atoms with Gasteiger partial charge in [-0.05, 0) is 38.5 Å². The second kappa shape index (κ2) is 5.45. The van der Waals surface area contributed by atoms with E-state index in [1.807, 2.05) is 6.92 Å². The second-order valence-corrected chi connectivity index (χ2v) is 5.98. The lowest BCUT2D eigenvalue weighted by molar-refractivity contribution is 0.0245. The largest absolute Gasteiger partial charge is 0.481 e. The molecule has 1 aliphatic carbocycles. The molecule has 0 amide bonds. The fraction of sp³-hybridized carbons (Fsp3) is 0.733. The summed E-state index contributed by atoms with van der Waals surface area (Å²) in [6.45, 7) is 4.04. The zero-order valence-corrected chi connectivity index (χ0v) is 12.7. The standard InChI is InChI=1S/C15H23N3O2/c1-10-5-7-15(9-16,8-6-10)13(19)12-11(2)17-18(3)14(12)20-4/h10,13,19H,5-8H2,1-4H3. The van der Waals surface area contributed by atoms with Crippen LogP contribution in [0, 0.1) is 29.6 Å². The quantitative estimate of drug-likeness (QED) is 0.921. The third-order valence-electron chi connectivity index (χ3n) is 4.59. The molecule has 1 aliphatic rings. The average Bonchev–Trinajstić information content (AvgIpc) is 2.73. The zero-order valence-electron chi connectivity index (χ0n) is 12.7. The van der Waals surface area contributed by atoms with E-state index in [0.717, 1.165) is 31.4 Å². The van der Waals surface area contributed by atoms with Crippen LogP contribution in [0.1, 0.15) is 50.0 Å². The number of hydrogen-bond donors (Lipinski definition) is 1. The first-order valence-corrected chi connectivity index (χ1v) is 7.12. The Balaban J connectivity index is 2.39. The van der Waals surface area contributed by atoms with Crippen LogP contribution in [0.25, 0.3) is 0 Å².